The van der Waals surface area contributed by atoms with E-state index in [1.54, 1.807) is 6.92 Å². The predicted octanol–water partition coefficient (Wildman–Crippen LogP) is 2.26. The maximum atomic E-state index is 13.5. The average Bonchev–Trinajstić information content (AvgIpc) is 3.16. The molecule has 4 aliphatic rings. The molecular formula is C23H32O7. The summed E-state index contributed by atoms with van der Waals surface area (Å²) < 4.78 is 15.7. The van der Waals surface area contributed by atoms with E-state index in [2.05, 4.69) is 6.58 Å². The molecule has 0 aromatic heterocycles. The number of aliphatic hydroxyl groups excluding tert-OH is 1. The second-order valence-corrected chi connectivity index (χ2v) is 9.94. The molecule has 4 fully saturated rings. The highest BCUT2D eigenvalue weighted by Crippen LogP contribution is 2.78. The molecule has 0 aliphatic heterocycles. The number of carbonyl (C=O) groups excluding carboxylic acids is 3. The van der Waals surface area contributed by atoms with Gasteiger partial charge in [-0.05, 0) is 62.7 Å². The van der Waals surface area contributed by atoms with Crippen LogP contribution in [0.15, 0.2) is 12.2 Å². The van der Waals surface area contributed by atoms with Gasteiger partial charge in [-0.2, -0.15) is 0 Å². The first-order valence-electron chi connectivity index (χ1n) is 10.8. The van der Waals surface area contributed by atoms with Crippen LogP contribution in [0.1, 0.15) is 45.4 Å². The number of hydrogen-bond donors (Lipinski definition) is 1. The van der Waals surface area contributed by atoms with Crippen LogP contribution in [0.3, 0.4) is 0 Å². The molecule has 1 spiro atoms. The predicted molar refractivity (Wildman–Crippen MR) is 106 cm³/mol. The maximum Gasteiger partial charge on any atom is 0.314 e. The number of allylic oxidation sites excluding steroid dienone is 1. The SMILES string of the molecule is C=C1C[C@]23C[C@H]1CCC2[C@]1(C(=O)OC)CC[C@@H](O)[C@@](C)(C(=O)OC)C1C3C(=O)OC. The van der Waals surface area contributed by atoms with Gasteiger partial charge in [-0.1, -0.05) is 12.2 Å². The van der Waals surface area contributed by atoms with Crippen molar-refractivity contribution in [1.82, 2.24) is 0 Å². The Hall–Kier alpha value is -1.89. The quantitative estimate of drug-likeness (QED) is 0.425. The Balaban J connectivity index is 2.02. The lowest BCUT2D eigenvalue weighted by Crippen LogP contribution is -2.61. The zero-order chi connectivity index (χ0) is 22.1. The minimum absolute atomic E-state index is 0.140. The van der Waals surface area contributed by atoms with Crippen molar-refractivity contribution in [2.75, 3.05) is 21.3 Å². The molecule has 7 nitrogen and oxygen atoms in total. The molecular weight excluding hydrogens is 388 g/mol. The van der Waals surface area contributed by atoms with Crippen molar-refractivity contribution in [2.45, 2.75) is 51.6 Å². The number of ether oxygens (including phenoxy) is 3. The lowest BCUT2D eigenvalue weighted by molar-refractivity contribution is -0.196. The summed E-state index contributed by atoms with van der Waals surface area (Å²) in [5.74, 6) is -2.76. The summed E-state index contributed by atoms with van der Waals surface area (Å²) in [5, 5.41) is 11.0. The van der Waals surface area contributed by atoms with Crippen molar-refractivity contribution in [3.8, 4) is 0 Å². The first-order valence-corrected chi connectivity index (χ1v) is 10.8. The first-order chi connectivity index (χ1) is 14.1. The zero-order valence-electron chi connectivity index (χ0n) is 18.2. The van der Waals surface area contributed by atoms with Gasteiger partial charge in [0.15, 0.2) is 0 Å². The molecule has 7 heteroatoms. The Kier molecular flexibility index (Phi) is 4.84. The van der Waals surface area contributed by atoms with E-state index < -0.39 is 52.1 Å². The fourth-order valence-corrected chi connectivity index (χ4v) is 8.18. The van der Waals surface area contributed by atoms with Crippen LogP contribution in [-0.2, 0) is 28.6 Å². The minimum atomic E-state index is -1.43. The molecule has 0 saturated heterocycles. The molecule has 0 aromatic rings. The molecule has 0 radical (unpaired) electrons. The van der Waals surface area contributed by atoms with Crippen molar-refractivity contribution in [2.24, 2.45) is 39.9 Å². The van der Waals surface area contributed by atoms with Gasteiger partial charge in [0.05, 0.1) is 44.2 Å². The third kappa shape index (κ3) is 2.27. The van der Waals surface area contributed by atoms with Crippen LogP contribution in [0.4, 0.5) is 0 Å². The Morgan fingerprint density at radius 1 is 1.03 bits per heavy atom. The molecule has 4 aliphatic carbocycles. The maximum absolute atomic E-state index is 13.5. The number of rotatable bonds is 3. The van der Waals surface area contributed by atoms with Gasteiger partial charge in [-0.15, -0.1) is 0 Å². The van der Waals surface area contributed by atoms with Gasteiger partial charge in [-0.3, -0.25) is 14.4 Å². The lowest BCUT2D eigenvalue weighted by atomic mass is 9.51. The Labute approximate surface area is 177 Å². The van der Waals surface area contributed by atoms with Crippen LogP contribution in [0.2, 0.25) is 0 Å². The minimum Gasteiger partial charge on any atom is -0.469 e. The van der Waals surface area contributed by atoms with E-state index in [0.717, 1.165) is 24.8 Å². The number of aliphatic hydroxyl groups is 1. The van der Waals surface area contributed by atoms with Gasteiger partial charge in [0.2, 0.25) is 0 Å². The molecule has 0 aromatic carbocycles. The Morgan fingerprint density at radius 2 is 1.70 bits per heavy atom. The smallest absolute Gasteiger partial charge is 0.314 e. The van der Waals surface area contributed by atoms with Crippen molar-refractivity contribution in [3.05, 3.63) is 12.2 Å². The molecule has 30 heavy (non-hydrogen) atoms. The summed E-state index contributed by atoms with van der Waals surface area (Å²) in [7, 11) is 3.96. The number of methoxy groups -OCH3 is 3. The van der Waals surface area contributed by atoms with Crippen LogP contribution in [0.5, 0.6) is 0 Å². The second kappa shape index (κ2) is 6.81. The second-order valence-electron chi connectivity index (χ2n) is 9.94. The molecule has 166 valence electrons. The van der Waals surface area contributed by atoms with Crippen LogP contribution in [0.25, 0.3) is 0 Å². The highest BCUT2D eigenvalue weighted by Gasteiger charge is 2.80. The highest BCUT2D eigenvalue weighted by molar-refractivity contribution is 5.88. The fourth-order valence-electron chi connectivity index (χ4n) is 8.18. The molecule has 4 rings (SSSR count). The summed E-state index contributed by atoms with van der Waals surface area (Å²) in [6, 6.07) is 0. The molecule has 0 heterocycles. The van der Waals surface area contributed by atoms with E-state index in [1.807, 2.05) is 0 Å². The van der Waals surface area contributed by atoms with Crippen molar-refractivity contribution in [3.63, 3.8) is 0 Å². The van der Waals surface area contributed by atoms with Gasteiger partial charge in [0, 0.05) is 5.92 Å². The topological polar surface area (TPSA) is 99.1 Å². The van der Waals surface area contributed by atoms with Crippen molar-refractivity contribution in [1.29, 1.82) is 0 Å². The lowest BCUT2D eigenvalue weighted by Gasteiger charge is -2.52. The summed E-state index contributed by atoms with van der Waals surface area (Å²) in [5.41, 5.74) is -1.90. The van der Waals surface area contributed by atoms with E-state index in [0.29, 0.717) is 18.8 Å². The van der Waals surface area contributed by atoms with Gasteiger partial charge in [-0.25, -0.2) is 0 Å². The third-order valence-electron chi connectivity index (χ3n) is 9.20. The number of esters is 3. The summed E-state index contributed by atoms with van der Waals surface area (Å²) >= 11 is 0. The van der Waals surface area contributed by atoms with Crippen molar-refractivity contribution >= 4 is 17.9 Å². The van der Waals surface area contributed by atoms with E-state index in [1.165, 1.54) is 21.3 Å². The average molecular weight is 421 g/mol. The first kappa shape index (κ1) is 21.3. The third-order valence-corrected chi connectivity index (χ3v) is 9.20. The zero-order valence-corrected chi connectivity index (χ0v) is 18.2. The molecule has 3 unspecified atom stereocenters. The number of fused-ring (bicyclic) bond motifs is 3. The van der Waals surface area contributed by atoms with Gasteiger partial charge < -0.3 is 19.3 Å². The van der Waals surface area contributed by atoms with E-state index in [4.69, 9.17) is 14.2 Å². The molecule has 1 N–H and O–H groups in total. The molecule has 4 saturated carbocycles. The summed E-state index contributed by atoms with van der Waals surface area (Å²) in [4.78, 5) is 40.0. The normalized spacial score (nSPS) is 46.6. The highest BCUT2D eigenvalue weighted by atomic mass is 16.5. The Morgan fingerprint density at radius 3 is 2.30 bits per heavy atom. The van der Waals surface area contributed by atoms with Crippen molar-refractivity contribution < 1.29 is 33.7 Å². The molecule has 2 bridgehead atoms. The van der Waals surface area contributed by atoms with Crippen LogP contribution >= 0.6 is 0 Å². The fraction of sp³-hybridized carbons (Fsp3) is 0.783. The molecule has 0 amide bonds. The van der Waals surface area contributed by atoms with E-state index in [9.17, 15) is 19.5 Å². The summed E-state index contributed by atoms with van der Waals surface area (Å²) in [6.07, 6.45) is 2.65. The van der Waals surface area contributed by atoms with E-state index in [-0.39, 0.29) is 12.3 Å². The van der Waals surface area contributed by atoms with Crippen LogP contribution in [-0.4, -0.2) is 50.4 Å². The number of carbonyl (C=O) groups is 3. The molecule has 8 atom stereocenters. The monoisotopic (exact) mass is 420 g/mol. The van der Waals surface area contributed by atoms with Crippen LogP contribution in [0, 0.1) is 39.9 Å². The van der Waals surface area contributed by atoms with Gasteiger partial charge >= 0.3 is 17.9 Å². The largest absolute Gasteiger partial charge is 0.469 e. The summed E-state index contributed by atoms with van der Waals surface area (Å²) in [6.45, 7) is 5.91. The van der Waals surface area contributed by atoms with E-state index >= 15 is 0 Å². The van der Waals surface area contributed by atoms with Gasteiger partial charge in [0.25, 0.3) is 0 Å². The number of hydrogen-bond acceptors (Lipinski definition) is 7. The Bertz CT molecular complexity index is 805. The van der Waals surface area contributed by atoms with Gasteiger partial charge in [0.1, 0.15) is 0 Å². The standard InChI is InChI=1S/C23H32O7/c1-12-10-22-11-13(12)6-7-14(22)23(20(27)30-5)9-8-15(24)21(2,19(26)29-4)17(23)16(22)18(25)28-3/h13-17,24H,1,6-11H2,2-5H3/t13-,14?,15-,16?,17?,21-,22+,23-/m1/s1. The van der Waals surface area contributed by atoms with Crippen LogP contribution < -0.4 is 0 Å².